The third-order valence-corrected chi connectivity index (χ3v) is 3.30. The summed E-state index contributed by atoms with van der Waals surface area (Å²) in [6, 6.07) is 2.26. The largest absolute Gasteiger partial charge is 0.475 e. The molecule has 0 saturated heterocycles. The van der Waals surface area contributed by atoms with Crippen LogP contribution in [0.25, 0.3) is 0 Å². The molecular weight excluding hydrogens is 242 g/mol. The van der Waals surface area contributed by atoms with E-state index in [2.05, 4.69) is 25.7 Å². The van der Waals surface area contributed by atoms with Gasteiger partial charge in [0.2, 0.25) is 5.76 Å². The molecule has 108 valence electrons. The number of hydrogen-bond donors (Lipinski definition) is 1. The normalized spacial score (nSPS) is 11.5. The van der Waals surface area contributed by atoms with Gasteiger partial charge in [0.1, 0.15) is 5.76 Å². The van der Waals surface area contributed by atoms with Gasteiger partial charge in [0.15, 0.2) is 0 Å². The van der Waals surface area contributed by atoms with Crippen LogP contribution in [0.15, 0.2) is 10.5 Å². The number of nitrogens with zero attached hydrogens (tertiary/aromatic N) is 1. The van der Waals surface area contributed by atoms with E-state index < -0.39 is 5.97 Å². The molecule has 1 aromatic rings. The molecule has 0 spiro atoms. The number of furan rings is 1. The van der Waals surface area contributed by atoms with Crippen LogP contribution in [0.5, 0.6) is 0 Å². The Balaban J connectivity index is 2.68. The summed E-state index contributed by atoms with van der Waals surface area (Å²) >= 11 is 0. The van der Waals surface area contributed by atoms with Gasteiger partial charge >= 0.3 is 5.97 Å². The van der Waals surface area contributed by atoms with Gasteiger partial charge in [-0.2, -0.15) is 0 Å². The van der Waals surface area contributed by atoms with Gasteiger partial charge in [-0.1, -0.05) is 19.8 Å². The molecule has 0 amide bonds. The van der Waals surface area contributed by atoms with Crippen molar-refractivity contribution in [2.45, 2.75) is 59.5 Å². The second-order valence-corrected chi connectivity index (χ2v) is 5.30. The summed E-state index contributed by atoms with van der Waals surface area (Å²) in [4.78, 5) is 13.3. The lowest BCUT2D eigenvalue weighted by Crippen LogP contribution is -2.31. The lowest BCUT2D eigenvalue weighted by atomic mass is 10.2. The predicted octanol–water partition coefficient (Wildman–Crippen LogP) is 3.69. The van der Waals surface area contributed by atoms with Gasteiger partial charge in [-0.25, -0.2) is 4.79 Å². The van der Waals surface area contributed by atoms with E-state index in [1.165, 1.54) is 19.3 Å². The summed E-state index contributed by atoms with van der Waals surface area (Å²) in [5.41, 5.74) is 0.694. The Morgan fingerprint density at radius 3 is 2.58 bits per heavy atom. The first-order chi connectivity index (χ1) is 8.95. The van der Waals surface area contributed by atoms with Gasteiger partial charge in [-0.05, 0) is 39.8 Å². The average molecular weight is 267 g/mol. The summed E-state index contributed by atoms with van der Waals surface area (Å²) in [5.74, 6) is -0.196. The molecule has 1 N–H and O–H groups in total. The molecule has 0 aliphatic carbocycles. The Bertz CT molecular complexity index is 410. The number of aryl methyl sites for hydroxylation is 1. The lowest BCUT2D eigenvalue weighted by molar-refractivity contribution is 0.0656. The monoisotopic (exact) mass is 267 g/mol. The minimum absolute atomic E-state index is 0.0623. The molecule has 4 nitrogen and oxygen atoms in total. The van der Waals surface area contributed by atoms with Crippen molar-refractivity contribution < 1.29 is 14.3 Å². The summed E-state index contributed by atoms with van der Waals surface area (Å²) < 4.78 is 5.42. The molecule has 0 unspecified atom stereocenters. The van der Waals surface area contributed by atoms with Gasteiger partial charge < -0.3 is 9.52 Å². The van der Waals surface area contributed by atoms with Crippen LogP contribution in [0.2, 0.25) is 0 Å². The zero-order valence-corrected chi connectivity index (χ0v) is 12.4. The molecule has 0 saturated carbocycles. The van der Waals surface area contributed by atoms with Crippen molar-refractivity contribution in [2.24, 2.45) is 0 Å². The van der Waals surface area contributed by atoms with E-state index in [1.807, 2.05) is 6.07 Å². The molecule has 0 aliphatic rings. The zero-order valence-electron chi connectivity index (χ0n) is 12.4. The summed E-state index contributed by atoms with van der Waals surface area (Å²) in [6.07, 6.45) is 3.59. The Labute approximate surface area is 115 Å². The first-order valence-electron chi connectivity index (χ1n) is 7.02. The van der Waals surface area contributed by atoms with E-state index in [0.717, 1.165) is 12.3 Å². The lowest BCUT2D eigenvalue weighted by Gasteiger charge is -2.25. The molecule has 0 aliphatic heterocycles. The highest BCUT2D eigenvalue weighted by Gasteiger charge is 2.17. The highest BCUT2D eigenvalue weighted by atomic mass is 16.4. The molecule has 1 heterocycles. The molecule has 19 heavy (non-hydrogen) atoms. The molecule has 0 aromatic carbocycles. The highest BCUT2D eigenvalue weighted by Crippen LogP contribution is 2.18. The van der Waals surface area contributed by atoms with Crippen LogP contribution in [-0.4, -0.2) is 28.6 Å². The Morgan fingerprint density at radius 1 is 1.42 bits per heavy atom. The first-order valence-corrected chi connectivity index (χ1v) is 7.02. The van der Waals surface area contributed by atoms with Crippen LogP contribution in [-0.2, 0) is 6.54 Å². The maximum absolute atomic E-state index is 11.0. The van der Waals surface area contributed by atoms with Crippen molar-refractivity contribution in [3.8, 4) is 0 Å². The van der Waals surface area contributed by atoms with E-state index in [1.54, 1.807) is 6.92 Å². The predicted molar refractivity (Wildman–Crippen MR) is 75.5 cm³/mol. The molecule has 1 rings (SSSR count). The van der Waals surface area contributed by atoms with Crippen LogP contribution in [0.1, 0.15) is 61.9 Å². The second kappa shape index (κ2) is 7.34. The average Bonchev–Trinajstić information content (AvgIpc) is 2.69. The number of carbonyl (C=O) groups is 1. The summed E-state index contributed by atoms with van der Waals surface area (Å²) in [5, 5.41) is 8.99. The van der Waals surface area contributed by atoms with Crippen molar-refractivity contribution in [3.63, 3.8) is 0 Å². The van der Waals surface area contributed by atoms with Crippen molar-refractivity contribution >= 4 is 5.97 Å². The second-order valence-electron chi connectivity index (χ2n) is 5.30. The van der Waals surface area contributed by atoms with E-state index in [9.17, 15) is 4.79 Å². The first kappa shape index (κ1) is 15.8. The quantitative estimate of drug-likeness (QED) is 0.730. The Hall–Kier alpha value is -1.29. The number of hydrogen-bond acceptors (Lipinski definition) is 3. The Morgan fingerprint density at radius 2 is 2.11 bits per heavy atom. The Kier molecular flexibility index (Phi) is 6.09. The molecule has 0 radical (unpaired) electrons. The zero-order chi connectivity index (χ0) is 14.4. The smallest absolute Gasteiger partial charge is 0.372 e. The fourth-order valence-electron chi connectivity index (χ4n) is 2.12. The summed E-state index contributed by atoms with van der Waals surface area (Å²) in [6.45, 7) is 9.96. The highest BCUT2D eigenvalue weighted by molar-refractivity contribution is 5.86. The van der Waals surface area contributed by atoms with Crippen LogP contribution >= 0.6 is 0 Å². The molecule has 0 fully saturated rings. The molecule has 0 bridgehead atoms. The van der Waals surface area contributed by atoms with Crippen LogP contribution in [0, 0.1) is 6.92 Å². The van der Waals surface area contributed by atoms with Crippen LogP contribution in [0.3, 0.4) is 0 Å². The minimum atomic E-state index is -0.995. The maximum atomic E-state index is 11.0. The SMILES string of the molecule is CCCCCN(Cc1cc(C)c(C(=O)O)o1)C(C)C. The summed E-state index contributed by atoms with van der Waals surface area (Å²) in [7, 11) is 0. The van der Waals surface area contributed by atoms with E-state index >= 15 is 0 Å². The van der Waals surface area contributed by atoms with Crippen molar-refractivity contribution in [1.29, 1.82) is 0 Å². The van der Waals surface area contributed by atoms with Gasteiger partial charge in [0.25, 0.3) is 0 Å². The number of rotatable bonds is 8. The fraction of sp³-hybridized carbons (Fsp3) is 0.667. The molecular formula is C15H25NO3. The van der Waals surface area contributed by atoms with E-state index in [4.69, 9.17) is 9.52 Å². The standard InChI is InChI=1S/C15H25NO3/c1-5-6-7-8-16(11(2)3)10-13-9-12(4)14(19-13)15(17)18/h9,11H,5-8,10H2,1-4H3,(H,17,18). The van der Waals surface area contributed by atoms with Crippen LogP contribution < -0.4 is 0 Å². The third-order valence-electron chi connectivity index (χ3n) is 3.30. The number of unbranched alkanes of at least 4 members (excludes halogenated alkanes) is 2. The van der Waals surface area contributed by atoms with Gasteiger partial charge in [0.05, 0.1) is 6.54 Å². The van der Waals surface area contributed by atoms with Gasteiger partial charge in [-0.3, -0.25) is 4.90 Å². The topological polar surface area (TPSA) is 53.7 Å². The van der Waals surface area contributed by atoms with E-state index in [0.29, 0.717) is 18.2 Å². The number of aromatic carboxylic acids is 1. The van der Waals surface area contributed by atoms with Crippen molar-refractivity contribution in [2.75, 3.05) is 6.54 Å². The molecule has 1 aromatic heterocycles. The van der Waals surface area contributed by atoms with Gasteiger partial charge in [0, 0.05) is 11.6 Å². The van der Waals surface area contributed by atoms with Crippen molar-refractivity contribution in [3.05, 3.63) is 23.2 Å². The third kappa shape index (κ3) is 4.71. The van der Waals surface area contributed by atoms with E-state index in [-0.39, 0.29) is 5.76 Å². The number of carboxylic acid groups (broad SMARTS) is 1. The molecule has 0 atom stereocenters. The van der Waals surface area contributed by atoms with Gasteiger partial charge in [-0.15, -0.1) is 0 Å². The minimum Gasteiger partial charge on any atom is -0.475 e. The van der Waals surface area contributed by atoms with Crippen molar-refractivity contribution in [1.82, 2.24) is 4.90 Å². The van der Waals surface area contributed by atoms with Crippen LogP contribution in [0.4, 0.5) is 0 Å². The number of carboxylic acids is 1. The maximum Gasteiger partial charge on any atom is 0.372 e. The molecule has 4 heteroatoms. The fourth-order valence-corrected chi connectivity index (χ4v) is 2.12.